The number of benzene rings is 1. The van der Waals surface area contributed by atoms with Gasteiger partial charge in [0.15, 0.2) is 0 Å². The number of carbonyl (C=O) groups excluding carboxylic acids is 1. The molecule has 0 saturated heterocycles. The second-order valence-corrected chi connectivity index (χ2v) is 3.66. The van der Waals surface area contributed by atoms with Crippen LogP contribution in [0.25, 0.3) is 0 Å². The predicted molar refractivity (Wildman–Crippen MR) is 64.6 cm³/mol. The van der Waals surface area contributed by atoms with Crippen molar-refractivity contribution in [1.82, 2.24) is 0 Å². The van der Waals surface area contributed by atoms with Crippen molar-refractivity contribution in [1.29, 1.82) is 0 Å². The lowest BCUT2D eigenvalue weighted by Crippen LogP contribution is -2.75. The maximum absolute atomic E-state index is 11.6. The maximum Gasteiger partial charge on any atom is 0.391 e. The van der Waals surface area contributed by atoms with Crippen LogP contribution in [0, 0.1) is 6.92 Å². The Morgan fingerprint density at radius 2 is 2.00 bits per heavy atom. The van der Waals surface area contributed by atoms with Crippen LogP contribution in [0.15, 0.2) is 47.1 Å². The third-order valence-corrected chi connectivity index (χ3v) is 2.42. The van der Waals surface area contributed by atoms with Crippen molar-refractivity contribution in [3.63, 3.8) is 0 Å². The molecule has 0 aliphatic carbocycles. The second-order valence-electron chi connectivity index (χ2n) is 3.66. The molecule has 2 aromatic rings. The number of amidine groups is 1. The summed E-state index contributed by atoms with van der Waals surface area (Å²) in [7, 11) is 0. The van der Waals surface area contributed by atoms with Crippen LogP contribution >= 0.6 is 0 Å². The molecule has 1 aromatic heterocycles. The zero-order valence-electron chi connectivity index (χ0n) is 9.84. The molecule has 0 amide bonds. The smallest absolute Gasteiger partial charge is 0.391 e. The number of hydrogen-bond donors (Lipinski definition) is 2. The fraction of sp³-hybridized carbons (Fsp3) is 0.0769. The molecule has 0 saturated carbocycles. The lowest BCUT2D eigenvalue weighted by atomic mass is 10.2. The number of furan rings is 1. The summed E-state index contributed by atoms with van der Waals surface area (Å²) in [6.45, 7) is 1.68. The second kappa shape index (κ2) is 5.18. The molecule has 18 heavy (non-hydrogen) atoms. The van der Waals surface area contributed by atoms with Crippen LogP contribution in [0.3, 0.4) is 0 Å². The zero-order chi connectivity index (χ0) is 13.0. The molecule has 2 rings (SSSR count). The molecule has 1 aromatic carbocycles. The first-order valence-electron chi connectivity index (χ1n) is 5.37. The van der Waals surface area contributed by atoms with Crippen LogP contribution in [-0.4, -0.2) is 11.8 Å². The summed E-state index contributed by atoms with van der Waals surface area (Å²) in [5.74, 6) is 0.227. The van der Waals surface area contributed by atoms with E-state index in [1.165, 1.54) is 12.3 Å². The van der Waals surface area contributed by atoms with Gasteiger partial charge >= 0.3 is 11.8 Å². The van der Waals surface area contributed by atoms with Crippen molar-refractivity contribution < 1.29 is 19.2 Å². The highest BCUT2D eigenvalue weighted by atomic mass is 16.7. The monoisotopic (exact) mass is 245 g/mol. The maximum atomic E-state index is 11.6. The van der Waals surface area contributed by atoms with Gasteiger partial charge in [-0.1, -0.05) is 23.4 Å². The molecular formula is C13H13N2O3+. The Bertz CT molecular complexity index is 573. The van der Waals surface area contributed by atoms with E-state index in [4.69, 9.17) is 15.0 Å². The van der Waals surface area contributed by atoms with Gasteiger partial charge in [-0.15, -0.1) is 0 Å². The van der Waals surface area contributed by atoms with E-state index in [0.29, 0.717) is 11.3 Å². The van der Waals surface area contributed by atoms with Crippen molar-refractivity contribution in [2.24, 2.45) is 5.73 Å². The number of aryl methyl sites for hydroxylation is 1. The summed E-state index contributed by atoms with van der Waals surface area (Å²) in [6, 6.07) is 10.7. The highest BCUT2D eigenvalue weighted by molar-refractivity contribution is 5.93. The van der Waals surface area contributed by atoms with Crippen molar-refractivity contribution in [2.45, 2.75) is 6.92 Å². The Morgan fingerprint density at radius 1 is 1.28 bits per heavy atom. The van der Waals surface area contributed by atoms with Crippen LogP contribution in [0.5, 0.6) is 0 Å². The topological polar surface area (TPSA) is 79.4 Å². The van der Waals surface area contributed by atoms with Crippen LogP contribution < -0.4 is 10.9 Å². The Morgan fingerprint density at radius 3 is 2.61 bits per heavy atom. The van der Waals surface area contributed by atoms with Crippen molar-refractivity contribution in [3.05, 3.63) is 59.5 Å². The van der Waals surface area contributed by atoms with Gasteiger partial charge in [0.2, 0.25) is 0 Å². The number of rotatable bonds is 3. The SMILES string of the molecule is Cc1occc1C(=O)O[NH+]=C(N)c1ccccc1. The van der Waals surface area contributed by atoms with E-state index >= 15 is 0 Å². The summed E-state index contributed by atoms with van der Waals surface area (Å²) in [5, 5.41) is 2.42. The predicted octanol–water partition coefficient (Wildman–Crippen LogP) is 0.146. The van der Waals surface area contributed by atoms with E-state index in [2.05, 4.69) is 5.16 Å². The van der Waals surface area contributed by atoms with Crippen molar-refractivity contribution >= 4 is 11.8 Å². The van der Waals surface area contributed by atoms with E-state index in [1.54, 1.807) is 19.1 Å². The molecule has 5 nitrogen and oxygen atoms in total. The minimum atomic E-state index is -0.542. The highest BCUT2D eigenvalue weighted by Crippen LogP contribution is 2.08. The first-order valence-corrected chi connectivity index (χ1v) is 5.37. The van der Waals surface area contributed by atoms with Gasteiger partial charge in [0, 0.05) is 0 Å². The molecule has 0 bridgehead atoms. The normalized spacial score (nSPS) is 11.3. The van der Waals surface area contributed by atoms with Gasteiger partial charge < -0.3 is 4.42 Å². The van der Waals surface area contributed by atoms with E-state index in [-0.39, 0.29) is 5.84 Å². The average molecular weight is 245 g/mol. The molecule has 0 spiro atoms. The summed E-state index contributed by atoms with van der Waals surface area (Å²) in [6.07, 6.45) is 1.43. The van der Waals surface area contributed by atoms with Crippen LogP contribution in [0.2, 0.25) is 0 Å². The third-order valence-electron chi connectivity index (χ3n) is 2.42. The zero-order valence-corrected chi connectivity index (χ0v) is 9.84. The van der Waals surface area contributed by atoms with Crippen molar-refractivity contribution in [2.75, 3.05) is 0 Å². The third kappa shape index (κ3) is 2.57. The molecule has 0 fully saturated rings. The fourth-order valence-electron chi connectivity index (χ4n) is 1.43. The summed E-state index contributed by atoms with van der Waals surface area (Å²) in [4.78, 5) is 16.5. The summed E-state index contributed by atoms with van der Waals surface area (Å²) < 4.78 is 5.01. The first-order chi connectivity index (χ1) is 8.68. The minimum absolute atomic E-state index is 0.269. The van der Waals surface area contributed by atoms with Gasteiger partial charge in [0.25, 0.3) is 0 Å². The Hall–Kier alpha value is -2.56. The van der Waals surface area contributed by atoms with Crippen molar-refractivity contribution in [3.8, 4) is 0 Å². The molecule has 3 N–H and O–H groups in total. The first kappa shape index (κ1) is 11.9. The minimum Gasteiger partial charge on any atom is -0.469 e. The summed E-state index contributed by atoms with van der Waals surface area (Å²) >= 11 is 0. The molecule has 1 heterocycles. The van der Waals surface area contributed by atoms with Gasteiger partial charge in [-0.2, -0.15) is 0 Å². The van der Waals surface area contributed by atoms with E-state index in [1.807, 2.05) is 18.2 Å². The molecule has 0 unspecified atom stereocenters. The largest absolute Gasteiger partial charge is 0.469 e. The van der Waals surface area contributed by atoms with E-state index in [0.717, 1.165) is 5.56 Å². The Kier molecular flexibility index (Phi) is 3.43. The lowest BCUT2D eigenvalue weighted by Gasteiger charge is -1.96. The van der Waals surface area contributed by atoms with Gasteiger partial charge in [-0.25, -0.2) is 4.79 Å². The Labute approximate surface area is 104 Å². The van der Waals surface area contributed by atoms with E-state index < -0.39 is 5.97 Å². The van der Waals surface area contributed by atoms with Crippen LogP contribution in [0.4, 0.5) is 0 Å². The molecular weight excluding hydrogens is 232 g/mol. The van der Waals surface area contributed by atoms with E-state index in [9.17, 15) is 4.79 Å². The number of nitrogens with two attached hydrogens (primary N) is 1. The average Bonchev–Trinajstić information content (AvgIpc) is 2.83. The number of carbonyl (C=O) groups is 1. The molecule has 0 aliphatic rings. The van der Waals surface area contributed by atoms with Gasteiger partial charge in [0.05, 0.1) is 11.8 Å². The standard InChI is InChI=1S/C13H12N2O3/c1-9-11(7-8-17-9)13(16)18-15-12(14)10-5-3-2-4-6-10/h2-8H,1H3,(H2,14,15)/p+1. The molecule has 0 aliphatic heterocycles. The highest BCUT2D eigenvalue weighted by Gasteiger charge is 2.15. The number of nitrogen functional groups attached to an aromatic ring is 1. The fourth-order valence-corrected chi connectivity index (χ4v) is 1.43. The lowest BCUT2D eigenvalue weighted by molar-refractivity contribution is -0.721. The molecule has 5 heteroatoms. The molecule has 92 valence electrons. The number of hydrogen-bond acceptors (Lipinski definition) is 3. The molecule has 0 radical (unpaired) electrons. The quantitative estimate of drug-likeness (QED) is 0.349. The Balaban J connectivity index is 2.08. The van der Waals surface area contributed by atoms with Gasteiger partial charge in [-0.3, -0.25) is 10.6 Å². The van der Waals surface area contributed by atoms with Crippen LogP contribution in [0.1, 0.15) is 21.7 Å². The molecule has 0 atom stereocenters. The van der Waals surface area contributed by atoms with Gasteiger partial charge in [-0.05, 0) is 25.1 Å². The summed E-state index contributed by atoms with van der Waals surface area (Å²) in [5.41, 5.74) is 6.85. The number of nitrogens with one attached hydrogen (secondary N) is 1. The van der Waals surface area contributed by atoms with Crippen LogP contribution in [-0.2, 0) is 4.84 Å². The van der Waals surface area contributed by atoms with Gasteiger partial charge in [0.1, 0.15) is 11.3 Å².